The van der Waals surface area contributed by atoms with Gasteiger partial charge < -0.3 is 11.5 Å². The minimum atomic E-state index is 0.523. The summed E-state index contributed by atoms with van der Waals surface area (Å²) < 4.78 is 0.992. The molecule has 0 bridgehead atoms. The summed E-state index contributed by atoms with van der Waals surface area (Å²) in [7, 11) is 0. The van der Waals surface area contributed by atoms with Crippen LogP contribution >= 0.6 is 11.3 Å². The number of anilines is 2. The quantitative estimate of drug-likeness (QED) is 0.611. The molecule has 0 spiro atoms. The number of hydrogen-bond acceptors (Lipinski definition) is 5. The zero-order valence-electron chi connectivity index (χ0n) is 14.6. The van der Waals surface area contributed by atoms with E-state index in [0.29, 0.717) is 10.8 Å². The van der Waals surface area contributed by atoms with Gasteiger partial charge in [0.25, 0.3) is 0 Å². The van der Waals surface area contributed by atoms with E-state index in [1.165, 1.54) is 11.3 Å². The molecule has 3 aromatic rings. The van der Waals surface area contributed by atoms with Gasteiger partial charge >= 0.3 is 0 Å². The van der Waals surface area contributed by atoms with Crippen molar-refractivity contribution in [2.45, 2.75) is 6.92 Å². The Labute approximate surface area is 156 Å². The van der Waals surface area contributed by atoms with Crippen LogP contribution < -0.4 is 11.5 Å². The Morgan fingerprint density at radius 3 is 2.73 bits per heavy atom. The van der Waals surface area contributed by atoms with Gasteiger partial charge in [0.1, 0.15) is 0 Å². The topological polar surface area (TPSA) is 77.8 Å². The number of aromatic nitrogens is 2. The lowest BCUT2D eigenvalue weighted by Gasteiger charge is -2.09. The highest BCUT2D eigenvalue weighted by Gasteiger charge is 2.13. The standard InChI is InChI=1S/C21H20N4S/c1-4-5-6-14(9-13(2)3)15-10-17(18-12-16(22)7-8-24-18)20-19(11-15)25-21(23)26-20/h4-12H,1-2H2,3H3,(H2,22,24)(H2,23,25). The number of hydrogen-bond donors (Lipinski definition) is 2. The maximum Gasteiger partial charge on any atom is 0.181 e. The lowest BCUT2D eigenvalue weighted by Crippen LogP contribution is -1.91. The van der Waals surface area contributed by atoms with Crippen LogP contribution in [0.1, 0.15) is 12.5 Å². The second kappa shape index (κ2) is 7.37. The smallest absolute Gasteiger partial charge is 0.181 e. The number of rotatable bonds is 5. The fraction of sp³-hybridized carbons (Fsp3) is 0.0476. The molecule has 0 aliphatic heterocycles. The van der Waals surface area contributed by atoms with Crippen LogP contribution in [0, 0.1) is 0 Å². The molecule has 130 valence electrons. The molecule has 0 saturated carbocycles. The van der Waals surface area contributed by atoms with E-state index >= 15 is 0 Å². The summed E-state index contributed by atoms with van der Waals surface area (Å²) in [4.78, 5) is 8.95. The summed E-state index contributed by atoms with van der Waals surface area (Å²) in [6.45, 7) is 9.69. The van der Waals surface area contributed by atoms with E-state index in [0.717, 1.165) is 38.2 Å². The number of nitrogens with two attached hydrogens (primary N) is 2. The van der Waals surface area contributed by atoms with Crippen molar-refractivity contribution in [3.8, 4) is 11.3 Å². The SMILES string of the molecule is C=CC=CC(=CC(=C)C)c1cc(-c2cc(N)ccn2)c2sc(N)nc2c1. The molecule has 1 aromatic carbocycles. The largest absolute Gasteiger partial charge is 0.399 e. The third-order valence-electron chi connectivity index (χ3n) is 3.71. The maximum absolute atomic E-state index is 5.96. The number of benzene rings is 1. The van der Waals surface area contributed by atoms with Crippen molar-refractivity contribution in [2.24, 2.45) is 0 Å². The monoisotopic (exact) mass is 360 g/mol. The summed E-state index contributed by atoms with van der Waals surface area (Å²) in [5, 5.41) is 0.523. The van der Waals surface area contributed by atoms with Gasteiger partial charge in [0, 0.05) is 17.4 Å². The lowest BCUT2D eigenvalue weighted by molar-refractivity contribution is 1.33. The summed E-state index contributed by atoms with van der Waals surface area (Å²) in [6.07, 6.45) is 9.36. The first-order valence-corrected chi connectivity index (χ1v) is 8.88. The fourth-order valence-electron chi connectivity index (χ4n) is 2.67. The summed E-state index contributed by atoms with van der Waals surface area (Å²) in [5.41, 5.74) is 18.1. The van der Waals surface area contributed by atoms with Crippen LogP contribution in [0.4, 0.5) is 10.8 Å². The molecule has 0 aliphatic carbocycles. The van der Waals surface area contributed by atoms with Crippen molar-refractivity contribution in [3.63, 3.8) is 0 Å². The highest BCUT2D eigenvalue weighted by molar-refractivity contribution is 7.22. The molecule has 0 amide bonds. The molecule has 0 unspecified atom stereocenters. The van der Waals surface area contributed by atoms with Crippen molar-refractivity contribution in [1.29, 1.82) is 0 Å². The number of pyridine rings is 1. The normalized spacial score (nSPS) is 12.0. The first-order valence-electron chi connectivity index (χ1n) is 8.06. The molecule has 2 aromatic heterocycles. The Balaban J connectivity index is 2.29. The van der Waals surface area contributed by atoms with Crippen LogP contribution in [0.2, 0.25) is 0 Å². The van der Waals surface area contributed by atoms with Crippen molar-refractivity contribution < 1.29 is 0 Å². The van der Waals surface area contributed by atoms with E-state index in [9.17, 15) is 0 Å². The van der Waals surface area contributed by atoms with Gasteiger partial charge in [-0.3, -0.25) is 4.98 Å². The molecule has 0 fully saturated rings. The Bertz CT molecular complexity index is 1060. The van der Waals surface area contributed by atoms with Crippen molar-refractivity contribution >= 4 is 37.9 Å². The third-order valence-corrected chi connectivity index (χ3v) is 4.65. The third kappa shape index (κ3) is 3.73. The fourth-order valence-corrected chi connectivity index (χ4v) is 3.50. The van der Waals surface area contributed by atoms with E-state index in [1.54, 1.807) is 18.3 Å². The predicted octanol–water partition coefficient (Wildman–Crippen LogP) is 5.22. The van der Waals surface area contributed by atoms with Gasteiger partial charge in [-0.2, -0.15) is 0 Å². The van der Waals surface area contributed by atoms with Gasteiger partial charge in [-0.1, -0.05) is 54.4 Å². The molecule has 0 radical (unpaired) electrons. The molecule has 0 saturated heterocycles. The highest BCUT2D eigenvalue weighted by Crippen LogP contribution is 2.37. The van der Waals surface area contributed by atoms with Crippen LogP contribution in [0.5, 0.6) is 0 Å². The van der Waals surface area contributed by atoms with E-state index in [4.69, 9.17) is 11.5 Å². The Morgan fingerprint density at radius 1 is 1.23 bits per heavy atom. The minimum Gasteiger partial charge on any atom is -0.399 e. The van der Waals surface area contributed by atoms with Gasteiger partial charge in [-0.15, -0.1) is 0 Å². The molecule has 26 heavy (non-hydrogen) atoms. The number of allylic oxidation sites excluding steroid dienone is 6. The van der Waals surface area contributed by atoms with Gasteiger partial charge in [0.05, 0.1) is 15.9 Å². The Morgan fingerprint density at radius 2 is 2.04 bits per heavy atom. The summed E-state index contributed by atoms with van der Waals surface area (Å²) in [5.74, 6) is 0. The molecular weight excluding hydrogens is 340 g/mol. The van der Waals surface area contributed by atoms with Crippen LogP contribution in [0.15, 0.2) is 73.5 Å². The van der Waals surface area contributed by atoms with E-state index in [-0.39, 0.29) is 0 Å². The van der Waals surface area contributed by atoms with E-state index in [2.05, 4.69) is 29.2 Å². The van der Waals surface area contributed by atoms with Gasteiger partial charge in [-0.25, -0.2) is 4.98 Å². The van der Waals surface area contributed by atoms with Crippen LogP contribution in [0.3, 0.4) is 0 Å². The Hall–Kier alpha value is -3.18. The molecule has 2 heterocycles. The number of thiazole rings is 1. The molecule has 4 nitrogen and oxygen atoms in total. The first-order chi connectivity index (χ1) is 12.5. The molecule has 0 aliphatic rings. The van der Waals surface area contributed by atoms with Crippen molar-refractivity contribution in [2.75, 3.05) is 11.5 Å². The average Bonchev–Trinajstić information content (AvgIpc) is 2.97. The number of fused-ring (bicyclic) bond motifs is 1. The summed E-state index contributed by atoms with van der Waals surface area (Å²) in [6, 6.07) is 7.74. The van der Waals surface area contributed by atoms with Crippen LogP contribution in [0.25, 0.3) is 27.0 Å². The summed E-state index contributed by atoms with van der Waals surface area (Å²) >= 11 is 1.45. The number of nitrogen functional groups attached to an aromatic ring is 2. The Kier molecular flexibility index (Phi) is 5.00. The number of nitrogens with zero attached hydrogens (tertiary/aromatic N) is 2. The molecule has 3 rings (SSSR count). The second-order valence-electron chi connectivity index (χ2n) is 5.94. The average molecular weight is 360 g/mol. The van der Waals surface area contributed by atoms with Gasteiger partial charge in [-0.05, 0) is 42.3 Å². The van der Waals surface area contributed by atoms with Crippen molar-refractivity contribution in [1.82, 2.24) is 9.97 Å². The van der Waals surface area contributed by atoms with Crippen LogP contribution in [-0.2, 0) is 0 Å². The van der Waals surface area contributed by atoms with Crippen LogP contribution in [-0.4, -0.2) is 9.97 Å². The first kappa shape index (κ1) is 17.6. The molecular formula is C21H20N4S. The molecule has 0 atom stereocenters. The van der Waals surface area contributed by atoms with E-state index < -0.39 is 0 Å². The second-order valence-corrected chi connectivity index (χ2v) is 6.97. The van der Waals surface area contributed by atoms with E-state index in [1.807, 2.05) is 37.3 Å². The van der Waals surface area contributed by atoms with Crippen molar-refractivity contribution in [3.05, 3.63) is 79.1 Å². The minimum absolute atomic E-state index is 0.523. The zero-order valence-corrected chi connectivity index (χ0v) is 15.4. The predicted molar refractivity (Wildman–Crippen MR) is 114 cm³/mol. The molecule has 5 heteroatoms. The highest BCUT2D eigenvalue weighted by atomic mass is 32.1. The van der Waals surface area contributed by atoms with Gasteiger partial charge in [0.15, 0.2) is 5.13 Å². The maximum atomic E-state index is 5.96. The molecule has 4 N–H and O–H groups in total. The van der Waals surface area contributed by atoms with Gasteiger partial charge in [0.2, 0.25) is 0 Å². The lowest BCUT2D eigenvalue weighted by atomic mass is 9.98. The zero-order chi connectivity index (χ0) is 18.7.